The van der Waals surface area contributed by atoms with Crippen molar-refractivity contribution < 1.29 is 9.53 Å². The number of imidazole rings is 1. The summed E-state index contributed by atoms with van der Waals surface area (Å²) < 4.78 is 6.19. The number of hydrogen-bond acceptors (Lipinski definition) is 3. The van der Waals surface area contributed by atoms with Crippen LogP contribution in [0.25, 0.3) is 11.4 Å². The first kappa shape index (κ1) is 25.5. The number of benzene rings is 5. The summed E-state index contributed by atoms with van der Waals surface area (Å²) >= 11 is 0. The average molecular weight is 540 g/mol. The Kier molecular flexibility index (Phi) is 7.09. The van der Waals surface area contributed by atoms with Crippen LogP contribution in [0.4, 0.5) is 0 Å². The lowest BCUT2D eigenvalue weighted by Crippen LogP contribution is -2.40. The highest BCUT2D eigenvalue weighted by Crippen LogP contribution is 2.55. The van der Waals surface area contributed by atoms with Crippen LogP contribution in [-0.2, 0) is 0 Å². The summed E-state index contributed by atoms with van der Waals surface area (Å²) in [7, 11) is -2.59. The molecule has 0 aliphatic rings. The normalized spacial score (nSPS) is 11.2. The Morgan fingerprint density at radius 1 is 0.625 bits per heavy atom. The smallest absolute Gasteiger partial charge is 0.345 e. The minimum atomic E-state index is -2.59. The molecule has 0 fully saturated rings. The summed E-state index contributed by atoms with van der Waals surface area (Å²) in [5, 5.41) is 3.38. The van der Waals surface area contributed by atoms with Gasteiger partial charge in [0.15, 0.2) is 7.26 Å². The number of carbonyl (C=O) groups is 1. The molecule has 5 aromatic carbocycles. The molecule has 0 unspecified atom stereocenters. The summed E-state index contributed by atoms with van der Waals surface area (Å²) in [5.41, 5.74) is 3.25. The van der Waals surface area contributed by atoms with Crippen LogP contribution in [0.5, 0.6) is 5.88 Å². The van der Waals surface area contributed by atoms with Gasteiger partial charge in [-0.15, -0.1) is 0 Å². The molecule has 6 aromatic rings. The number of nitrogens with one attached hydrogen (secondary N) is 1. The van der Waals surface area contributed by atoms with Gasteiger partial charge in [0, 0.05) is 5.56 Å². The van der Waals surface area contributed by atoms with Crippen LogP contribution in [0.15, 0.2) is 146 Å². The van der Waals surface area contributed by atoms with Crippen molar-refractivity contribution in [2.24, 2.45) is 0 Å². The van der Waals surface area contributed by atoms with Gasteiger partial charge in [-0.25, -0.2) is 4.79 Å². The maximum atomic E-state index is 13.5. The molecule has 4 nitrogen and oxygen atoms in total. The number of aromatic nitrogens is 2. The van der Waals surface area contributed by atoms with Gasteiger partial charge in [0.25, 0.3) is 5.88 Å². The number of nitrogens with zero attached hydrogens (tertiary/aromatic N) is 1. The van der Waals surface area contributed by atoms with E-state index in [4.69, 9.17) is 9.72 Å². The van der Waals surface area contributed by atoms with Crippen molar-refractivity contribution in [3.8, 4) is 17.3 Å². The molecule has 5 heteroatoms. The van der Waals surface area contributed by atoms with Gasteiger partial charge in [0.1, 0.15) is 21.7 Å². The highest BCUT2D eigenvalue weighted by atomic mass is 31.2. The van der Waals surface area contributed by atoms with Crippen molar-refractivity contribution in [1.29, 1.82) is 0 Å². The third-order valence-electron chi connectivity index (χ3n) is 6.94. The molecule has 0 saturated heterocycles. The summed E-state index contributed by atoms with van der Waals surface area (Å²) in [6.45, 7) is 1.99. The topological polar surface area (TPSA) is 55.0 Å². The predicted molar refractivity (Wildman–Crippen MR) is 165 cm³/mol. The van der Waals surface area contributed by atoms with Crippen LogP contribution >= 0.6 is 7.26 Å². The molecule has 1 N–H and O–H groups in total. The zero-order chi connectivity index (χ0) is 27.4. The SMILES string of the molecule is Cc1ccc(C(=O)Oc2nc(-c3ccccc3)[nH]c2[P+](c2ccccc2)(c2ccccc2)c2ccccc2)cc1. The van der Waals surface area contributed by atoms with Crippen LogP contribution in [-0.4, -0.2) is 15.9 Å². The van der Waals surface area contributed by atoms with E-state index in [1.54, 1.807) is 12.1 Å². The molecule has 0 spiro atoms. The van der Waals surface area contributed by atoms with E-state index in [2.05, 4.69) is 77.8 Å². The molecule has 0 aliphatic carbocycles. The zero-order valence-corrected chi connectivity index (χ0v) is 23.0. The fraction of sp³-hybridized carbons (Fsp3) is 0.0286. The summed E-state index contributed by atoms with van der Waals surface area (Å²) in [4.78, 5) is 22.1. The third-order valence-corrected chi connectivity index (χ3v) is 11.1. The second-order valence-corrected chi connectivity index (χ2v) is 12.9. The van der Waals surface area contributed by atoms with Gasteiger partial charge < -0.3 is 9.72 Å². The number of hydrogen-bond donors (Lipinski definition) is 1. The minimum Gasteiger partial charge on any atom is -0.398 e. The van der Waals surface area contributed by atoms with Crippen LogP contribution < -0.4 is 26.1 Å². The Balaban J connectivity index is 1.65. The Morgan fingerprint density at radius 3 is 1.55 bits per heavy atom. The molecule has 0 saturated carbocycles. The van der Waals surface area contributed by atoms with Crippen LogP contribution in [0.3, 0.4) is 0 Å². The molecule has 1 aromatic heterocycles. The number of esters is 1. The predicted octanol–water partition coefficient (Wildman–Crippen LogP) is 6.22. The molecule has 0 amide bonds. The number of aryl methyl sites for hydroxylation is 1. The number of rotatable bonds is 7. The molecule has 194 valence electrons. The summed E-state index contributed by atoms with van der Waals surface area (Å²) in [5.74, 6) is 0.489. The van der Waals surface area contributed by atoms with Gasteiger partial charge in [0.2, 0.25) is 5.44 Å². The van der Waals surface area contributed by atoms with E-state index in [-0.39, 0.29) is 5.88 Å². The van der Waals surface area contributed by atoms with Crippen molar-refractivity contribution in [2.45, 2.75) is 6.92 Å². The molecule has 0 bridgehead atoms. The first-order valence-electron chi connectivity index (χ1n) is 13.2. The van der Waals surface area contributed by atoms with Gasteiger partial charge in [-0.2, -0.15) is 4.98 Å². The third kappa shape index (κ3) is 4.75. The van der Waals surface area contributed by atoms with E-state index >= 15 is 0 Å². The lowest BCUT2D eigenvalue weighted by Gasteiger charge is -2.26. The molecule has 6 rings (SSSR count). The Labute approximate surface area is 234 Å². The van der Waals surface area contributed by atoms with Crippen molar-refractivity contribution in [3.05, 3.63) is 157 Å². The van der Waals surface area contributed by atoms with E-state index in [0.717, 1.165) is 32.5 Å². The maximum absolute atomic E-state index is 13.5. The van der Waals surface area contributed by atoms with Gasteiger partial charge >= 0.3 is 5.97 Å². The van der Waals surface area contributed by atoms with E-state index in [1.807, 2.05) is 67.6 Å². The van der Waals surface area contributed by atoms with Crippen molar-refractivity contribution in [3.63, 3.8) is 0 Å². The van der Waals surface area contributed by atoms with E-state index in [9.17, 15) is 4.79 Å². The van der Waals surface area contributed by atoms with E-state index < -0.39 is 13.2 Å². The van der Waals surface area contributed by atoms with Crippen LogP contribution in [0, 0.1) is 6.92 Å². The van der Waals surface area contributed by atoms with Gasteiger partial charge in [-0.3, -0.25) is 0 Å². The Bertz CT molecular complexity index is 1620. The monoisotopic (exact) mass is 539 g/mol. The van der Waals surface area contributed by atoms with Crippen molar-refractivity contribution in [1.82, 2.24) is 9.97 Å². The van der Waals surface area contributed by atoms with Crippen LogP contribution in [0.1, 0.15) is 15.9 Å². The molecule has 0 radical (unpaired) electrons. The Morgan fingerprint density at radius 2 is 1.07 bits per heavy atom. The Hall–Kier alpha value is -4.79. The van der Waals surface area contributed by atoms with Gasteiger partial charge in [0.05, 0.1) is 5.56 Å². The second kappa shape index (κ2) is 11.1. The molecular weight excluding hydrogens is 511 g/mol. The van der Waals surface area contributed by atoms with E-state index in [0.29, 0.717) is 11.4 Å². The first-order valence-corrected chi connectivity index (χ1v) is 15.0. The zero-order valence-electron chi connectivity index (χ0n) is 22.1. The van der Waals surface area contributed by atoms with E-state index in [1.165, 1.54) is 0 Å². The largest absolute Gasteiger partial charge is 0.398 e. The minimum absolute atomic E-state index is 0.286. The quantitative estimate of drug-likeness (QED) is 0.194. The highest BCUT2D eigenvalue weighted by Gasteiger charge is 2.52. The molecular formula is C35H28N2O2P+. The number of H-pyrrole nitrogens is 1. The van der Waals surface area contributed by atoms with Crippen LogP contribution in [0.2, 0.25) is 0 Å². The molecule has 40 heavy (non-hydrogen) atoms. The molecule has 0 aliphatic heterocycles. The lowest BCUT2D eigenvalue weighted by atomic mass is 10.1. The highest BCUT2D eigenvalue weighted by molar-refractivity contribution is 8.01. The maximum Gasteiger partial charge on any atom is 0.345 e. The summed E-state index contributed by atoms with van der Waals surface area (Å²) in [6, 6.07) is 48.7. The van der Waals surface area contributed by atoms with Gasteiger partial charge in [-0.05, 0) is 55.5 Å². The molecule has 0 atom stereocenters. The first-order chi connectivity index (χ1) is 19.7. The number of carbonyl (C=O) groups excluding carboxylic acids is 1. The second-order valence-electron chi connectivity index (χ2n) is 9.54. The fourth-order valence-electron chi connectivity index (χ4n) is 5.00. The lowest BCUT2D eigenvalue weighted by molar-refractivity contribution is 0.0730. The van der Waals surface area contributed by atoms with Crippen molar-refractivity contribution in [2.75, 3.05) is 0 Å². The fourth-order valence-corrected chi connectivity index (χ4v) is 9.19. The average Bonchev–Trinajstić information content (AvgIpc) is 3.44. The standard InChI is InChI=1S/C35H28N2O2P/c1-26-22-24-28(25-23-26)35(38)39-33-34(37-32(36-33)27-14-6-2-7-15-27)40(29-16-8-3-9-17-29,30-18-10-4-11-19-30)31-20-12-5-13-21-31/h2-25H,1H3,(H,36,37)/q+1. The van der Waals surface area contributed by atoms with Crippen molar-refractivity contribution >= 4 is 34.6 Å². The number of aromatic amines is 1. The van der Waals surface area contributed by atoms with Gasteiger partial charge in [-0.1, -0.05) is 103 Å². The number of ether oxygens (including phenoxy) is 1. The molecule has 1 heterocycles. The summed E-state index contributed by atoms with van der Waals surface area (Å²) in [6.07, 6.45) is 0.